The van der Waals surface area contributed by atoms with E-state index in [1.807, 2.05) is 43.3 Å². The topological polar surface area (TPSA) is 74.7 Å². The molecule has 2 aromatic rings. The van der Waals surface area contributed by atoms with E-state index >= 15 is 0 Å². The van der Waals surface area contributed by atoms with Gasteiger partial charge in [-0.25, -0.2) is 10.8 Å². The maximum atomic E-state index is 8.88. The van der Waals surface area contributed by atoms with Gasteiger partial charge in [0.2, 0.25) is 0 Å². The average molecular weight is 224 g/mol. The first-order chi connectivity index (χ1) is 8.26. The van der Waals surface area contributed by atoms with Gasteiger partial charge in [0.25, 0.3) is 0 Å². The van der Waals surface area contributed by atoms with E-state index in [0.717, 1.165) is 16.8 Å². The Kier molecular flexibility index (Phi) is 3.03. The van der Waals surface area contributed by atoms with Crippen molar-refractivity contribution in [3.05, 3.63) is 47.5 Å². The summed E-state index contributed by atoms with van der Waals surface area (Å²) < 4.78 is 0. The highest BCUT2D eigenvalue weighted by Gasteiger charge is 2.07. The molecule has 0 unspecified atom stereocenters. The Morgan fingerprint density at radius 2 is 2.00 bits per heavy atom. The second kappa shape index (κ2) is 4.64. The van der Waals surface area contributed by atoms with Gasteiger partial charge in [0.05, 0.1) is 11.3 Å². The minimum atomic E-state index is 0.397. The van der Waals surface area contributed by atoms with E-state index in [4.69, 9.17) is 11.1 Å². The van der Waals surface area contributed by atoms with Crippen LogP contribution >= 0.6 is 0 Å². The van der Waals surface area contributed by atoms with Gasteiger partial charge in [-0.05, 0) is 24.6 Å². The molecule has 0 fully saturated rings. The van der Waals surface area contributed by atoms with Crippen molar-refractivity contribution in [2.24, 2.45) is 5.84 Å². The first-order valence-corrected chi connectivity index (χ1v) is 5.20. The second-order valence-electron chi connectivity index (χ2n) is 3.66. The van der Waals surface area contributed by atoms with Crippen LogP contribution in [0.25, 0.3) is 11.3 Å². The molecule has 0 amide bonds. The predicted molar refractivity (Wildman–Crippen MR) is 66.9 cm³/mol. The van der Waals surface area contributed by atoms with Crippen LogP contribution in [0.5, 0.6) is 0 Å². The summed E-state index contributed by atoms with van der Waals surface area (Å²) in [4.78, 5) is 4.33. The third-order valence-corrected chi connectivity index (χ3v) is 2.57. The number of hydrazine groups is 1. The van der Waals surface area contributed by atoms with Gasteiger partial charge in [0.1, 0.15) is 6.07 Å². The number of aromatic nitrogens is 1. The zero-order chi connectivity index (χ0) is 12.3. The molecule has 0 spiro atoms. The van der Waals surface area contributed by atoms with Crippen molar-refractivity contribution in [3.63, 3.8) is 0 Å². The monoisotopic (exact) mass is 224 g/mol. The lowest BCUT2D eigenvalue weighted by molar-refractivity contribution is 1.21. The summed E-state index contributed by atoms with van der Waals surface area (Å²) in [6, 6.07) is 13.5. The molecule has 0 radical (unpaired) electrons. The van der Waals surface area contributed by atoms with Crippen LogP contribution in [-0.2, 0) is 0 Å². The highest BCUT2D eigenvalue weighted by Crippen LogP contribution is 2.23. The van der Waals surface area contributed by atoms with Crippen molar-refractivity contribution in [2.75, 3.05) is 5.43 Å². The van der Waals surface area contributed by atoms with Crippen LogP contribution in [0.4, 0.5) is 5.82 Å². The normalized spacial score (nSPS) is 9.71. The summed E-state index contributed by atoms with van der Waals surface area (Å²) >= 11 is 0. The molecule has 0 aliphatic carbocycles. The zero-order valence-corrected chi connectivity index (χ0v) is 9.44. The Balaban J connectivity index is 2.55. The molecule has 17 heavy (non-hydrogen) atoms. The van der Waals surface area contributed by atoms with Gasteiger partial charge in [-0.2, -0.15) is 5.26 Å². The van der Waals surface area contributed by atoms with E-state index < -0.39 is 0 Å². The Morgan fingerprint density at radius 3 is 2.65 bits per heavy atom. The molecular weight excluding hydrogens is 212 g/mol. The number of nitriles is 1. The number of rotatable bonds is 2. The molecule has 1 heterocycles. The van der Waals surface area contributed by atoms with Gasteiger partial charge in [-0.3, -0.25) is 0 Å². The van der Waals surface area contributed by atoms with E-state index in [9.17, 15) is 0 Å². The van der Waals surface area contributed by atoms with Gasteiger partial charge < -0.3 is 5.43 Å². The summed E-state index contributed by atoms with van der Waals surface area (Å²) in [6.07, 6.45) is 0. The number of hydrogen-bond donors (Lipinski definition) is 2. The second-order valence-corrected chi connectivity index (χ2v) is 3.66. The standard InChI is InChI=1S/C13H12N4/c1-9-4-2-3-5-11(9)12-7-6-10(8-14)13(16-12)17-15/h2-7H,15H2,1H3,(H,16,17). The lowest BCUT2D eigenvalue weighted by atomic mass is 10.0. The molecule has 0 aliphatic rings. The highest BCUT2D eigenvalue weighted by molar-refractivity contribution is 5.67. The van der Waals surface area contributed by atoms with E-state index in [1.54, 1.807) is 6.07 Å². The number of nitrogen functional groups attached to an aromatic ring is 1. The number of nitrogens with one attached hydrogen (secondary N) is 1. The molecule has 1 aromatic heterocycles. The van der Waals surface area contributed by atoms with Crippen LogP contribution in [-0.4, -0.2) is 4.98 Å². The van der Waals surface area contributed by atoms with Crippen molar-refractivity contribution in [3.8, 4) is 17.3 Å². The molecule has 0 atom stereocenters. The molecule has 1 aromatic carbocycles. The zero-order valence-electron chi connectivity index (χ0n) is 9.44. The summed E-state index contributed by atoms with van der Waals surface area (Å²) in [6.45, 7) is 2.02. The smallest absolute Gasteiger partial charge is 0.158 e. The Bertz CT molecular complexity index is 584. The van der Waals surface area contributed by atoms with Gasteiger partial charge >= 0.3 is 0 Å². The number of pyridine rings is 1. The molecule has 2 rings (SSSR count). The van der Waals surface area contributed by atoms with E-state index in [2.05, 4.69) is 10.4 Å². The molecule has 4 nitrogen and oxygen atoms in total. The van der Waals surface area contributed by atoms with Crippen molar-refractivity contribution >= 4 is 5.82 Å². The summed E-state index contributed by atoms with van der Waals surface area (Å²) in [7, 11) is 0. The molecule has 0 aliphatic heterocycles. The lowest BCUT2D eigenvalue weighted by Crippen LogP contribution is -2.10. The average Bonchev–Trinajstić information content (AvgIpc) is 2.38. The Morgan fingerprint density at radius 1 is 1.24 bits per heavy atom. The van der Waals surface area contributed by atoms with Crippen LogP contribution in [0.15, 0.2) is 36.4 Å². The van der Waals surface area contributed by atoms with Gasteiger partial charge in [0.15, 0.2) is 5.82 Å². The Labute approximate surface area is 99.7 Å². The lowest BCUT2D eigenvalue weighted by Gasteiger charge is -2.07. The van der Waals surface area contributed by atoms with Gasteiger partial charge in [-0.15, -0.1) is 0 Å². The first kappa shape index (κ1) is 11.1. The molecule has 0 saturated heterocycles. The van der Waals surface area contributed by atoms with Crippen molar-refractivity contribution in [1.29, 1.82) is 5.26 Å². The Hall–Kier alpha value is -2.38. The number of nitrogens with two attached hydrogens (primary N) is 1. The molecule has 0 saturated carbocycles. The molecule has 3 N–H and O–H groups in total. The maximum absolute atomic E-state index is 8.88. The SMILES string of the molecule is Cc1ccccc1-c1ccc(C#N)c(NN)n1. The van der Waals surface area contributed by atoms with Crippen LogP contribution in [0.3, 0.4) is 0 Å². The number of nitrogens with zero attached hydrogens (tertiary/aromatic N) is 2. The fourth-order valence-corrected chi connectivity index (χ4v) is 1.67. The largest absolute Gasteiger partial charge is 0.307 e. The van der Waals surface area contributed by atoms with E-state index in [1.165, 1.54) is 0 Å². The fraction of sp³-hybridized carbons (Fsp3) is 0.0769. The molecule has 4 heteroatoms. The number of aryl methyl sites for hydroxylation is 1. The van der Waals surface area contributed by atoms with Gasteiger partial charge in [-0.1, -0.05) is 24.3 Å². The van der Waals surface area contributed by atoms with Crippen LogP contribution < -0.4 is 11.3 Å². The third kappa shape index (κ3) is 2.10. The van der Waals surface area contributed by atoms with Crippen molar-refractivity contribution in [2.45, 2.75) is 6.92 Å². The van der Waals surface area contributed by atoms with Crippen LogP contribution in [0.2, 0.25) is 0 Å². The number of benzene rings is 1. The maximum Gasteiger partial charge on any atom is 0.158 e. The molecular formula is C13H12N4. The van der Waals surface area contributed by atoms with E-state index in [-0.39, 0.29) is 0 Å². The molecule has 84 valence electrons. The number of hydrogen-bond acceptors (Lipinski definition) is 4. The minimum absolute atomic E-state index is 0.397. The van der Waals surface area contributed by atoms with Crippen LogP contribution in [0, 0.1) is 18.3 Å². The van der Waals surface area contributed by atoms with Gasteiger partial charge in [0, 0.05) is 5.56 Å². The summed E-state index contributed by atoms with van der Waals surface area (Å²) in [5.41, 5.74) is 5.85. The van der Waals surface area contributed by atoms with E-state index in [0.29, 0.717) is 11.4 Å². The van der Waals surface area contributed by atoms with Crippen molar-refractivity contribution in [1.82, 2.24) is 4.98 Å². The third-order valence-electron chi connectivity index (χ3n) is 2.57. The summed E-state index contributed by atoms with van der Waals surface area (Å²) in [5.74, 6) is 5.74. The fourth-order valence-electron chi connectivity index (χ4n) is 1.67. The highest BCUT2D eigenvalue weighted by atomic mass is 15.2. The number of anilines is 1. The van der Waals surface area contributed by atoms with Crippen molar-refractivity contribution < 1.29 is 0 Å². The molecule has 0 bridgehead atoms. The summed E-state index contributed by atoms with van der Waals surface area (Å²) in [5, 5.41) is 8.88. The predicted octanol–water partition coefficient (Wildman–Crippen LogP) is 2.21. The minimum Gasteiger partial charge on any atom is -0.307 e. The first-order valence-electron chi connectivity index (χ1n) is 5.20. The quantitative estimate of drug-likeness (QED) is 0.605. The van der Waals surface area contributed by atoms with Crippen LogP contribution in [0.1, 0.15) is 11.1 Å².